The van der Waals surface area contributed by atoms with E-state index in [1.54, 1.807) is 17.8 Å². The first kappa shape index (κ1) is 22.1. The molecule has 0 saturated heterocycles. The Morgan fingerprint density at radius 1 is 1.07 bits per heavy atom. The van der Waals surface area contributed by atoms with Crippen molar-refractivity contribution in [3.63, 3.8) is 0 Å². The first-order valence-electron chi connectivity index (χ1n) is 9.13. The van der Waals surface area contributed by atoms with Crippen LogP contribution in [0.4, 0.5) is 0 Å². The number of carbonyl (C=O) groups excluding carboxylic acids is 1. The molecule has 0 radical (unpaired) electrons. The molecule has 0 fully saturated rings. The highest BCUT2D eigenvalue weighted by molar-refractivity contribution is 7.98. The zero-order valence-electron chi connectivity index (χ0n) is 16.1. The number of benzene rings is 2. The average Bonchev–Trinajstić information content (AvgIpc) is 2.61. The predicted octanol–water partition coefficient (Wildman–Crippen LogP) is 6.27. The van der Waals surface area contributed by atoms with Gasteiger partial charge in [0.25, 0.3) is 0 Å². The number of hydrogen-bond acceptors (Lipinski definition) is 2. The van der Waals surface area contributed by atoms with Crippen LogP contribution in [0.25, 0.3) is 0 Å². The fourth-order valence-corrected chi connectivity index (χ4v) is 4.02. The molecule has 0 spiro atoms. The van der Waals surface area contributed by atoms with Gasteiger partial charge < -0.3 is 5.32 Å². The van der Waals surface area contributed by atoms with E-state index >= 15 is 0 Å². The minimum absolute atomic E-state index is 0.0972. The molecule has 2 aromatic carbocycles. The van der Waals surface area contributed by atoms with Crippen molar-refractivity contribution in [2.75, 3.05) is 12.3 Å². The van der Waals surface area contributed by atoms with Crippen molar-refractivity contribution >= 4 is 40.9 Å². The molecule has 0 unspecified atom stereocenters. The molecule has 0 aromatic heterocycles. The summed E-state index contributed by atoms with van der Waals surface area (Å²) in [5.74, 6) is 1.76. The molecule has 1 N–H and O–H groups in total. The van der Waals surface area contributed by atoms with Crippen LogP contribution in [0.1, 0.15) is 43.9 Å². The SMILES string of the molecule is CC(C)(C)c1ccc(CCC(=O)NCCSCc2ccc(Cl)cc2Cl)cc1. The number of carbonyl (C=O) groups is 1. The van der Waals surface area contributed by atoms with Crippen molar-refractivity contribution in [1.29, 1.82) is 0 Å². The molecule has 0 aliphatic rings. The van der Waals surface area contributed by atoms with Crippen molar-refractivity contribution in [2.24, 2.45) is 0 Å². The van der Waals surface area contributed by atoms with E-state index in [4.69, 9.17) is 23.2 Å². The molecule has 0 saturated carbocycles. The maximum absolute atomic E-state index is 12.0. The minimum atomic E-state index is 0.0972. The summed E-state index contributed by atoms with van der Waals surface area (Å²) in [5.41, 5.74) is 3.73. The predicted molar refractivity (Wildman–Crippen MR) is 119 cm³/mol. The largest absolute Gasteiger partial charge is 0.355 e. The van der Waals surface area contributed by atoms with Gasteiger partial charge in [-0.05, 0) is 40.7 Å². The van der Waals surface area contributed by atoms with Gasteiger partial charge in [-0.2, -0.15) is 11.8 Å². The van der Waals surface area contributed by atoms with E-state index < -0.39 is 0 Å². The molecule has 146 valence electrons. The Hall–Kier alpha value is -1.16. The quantitative estimate of drug-likeness (QED) is 0.506. The van der Waals surface area contributed by atoms with Crippen LogP contribution < -0.4 is 5.32 Å². The topological polar surface area (TPSA) is 29.1 Å². The van der Waals surface area contributed by atoms with Gasteiger partial charge in [-0.1, -0.05) is 74.3 Å². The van der Waals surface area contributed by atoms with E-state index in [-0.39, 0.29) is 11.3 Å². The molecule has 0 aliphatic carbocycles. The lowest BCUT2D eigenvalue weighted by atomic mass is 9.86. The smallest absolute Gasteiger partial charge is 0.220 e. The van der Waals surface area contributed by atoms with Crippen molar-refractivity contribution in [3.05, 3.63) is 69.2 Å². The van der Waals surface area contributed by atoms with Crippen molar-refractivity contribution in [1.82, 2.24) is 5.32 Å². The molecule has 1 amide bonds. The maximum Gasteiger partial charge on any atom is 0.220 e. The van der Waals surface area contributed by atoms with Crippen LogP contribution in [0.5, 0.6) is 0 Å². The number of rotatable bonds is 8. The van der Waals surface area contributed by atoms with Gasteiger partial charge >= 0.3 is 0 Å². The van der Waals surface area contributed by atoms with E-state index in [1.807, 2.05) is 12.1 Å². The number of hydrogen-bond donors (Lipinski definition) is 1. The second kappa shape index (κ2) is 10.4. The third-order valence-electron chi connectivity index (χ3n) is 4.30. The van der Waals surface area contributed by atoms with Crippen LogP contribution in [0.2, 0.25) is 10.0 Å². The molecule has 0 atom stereocenters. The van der Waals surface area contributed by atoms with E-state index in [0.717, 1.165) is 23.5 Å². The monoisotopic (exact) mass is 423 g/mol. The van der Waals surface area contributed by atoms with Crippen LogP contribution >= 0.6 is 35.0 Å². The van der Waals surface area contributed by atoms with Gasteiger partial charge in [-0.15, -0.1) is 0 Å². The second-order valence-corrected chi connectivity index (χ2v) is 9.53. The Kier molecular flexibility index (Phi) is 8.53. The van der Waals surface area contributed by atoms with Crippen LogP contribution in [-0.4, -0.2) is 18.2 Å². The van der Waals surface area contributed by atoms with Gasteiger partial charge in [0.05, 0.1) is 0 Å². The Morgan fingerprint density at radius 3 is 2.41 bits per heavy atom. The van der Waals surface area contributed by atoms with Crippen LogP contribution in [0, 0.1) is 0 Å². The van der Waals surface area contributed by atoms with E-state index in [0.29, 0.717) is 23.0 Å². The number of halogens is 2. The summed E-state index contributed by atoms with van der Waals surface area (Å²) < 4.78 is 0. The third-order valence-corrected chi connectivity index (χ3v) is 5.90. The molecule has 2 aromatic rings. The van der Waals surface area contributed by atoms with Gasteiger partial charge in [-0.3, -0.25) is 4.79 Å². The van der Waals surface area contributed by atoms with E-state index in [1.165, 1.54) is 11.1 Å². The van der Waals surface area contributed by atoms with Gasteiger partial charge in [0, 0.05) is 34.5 Å². The lowest BCUT2D eigenvalue weighted by Crippen LogP contribution is -2.25. The van der Waals surface area contributed by atoms with Crippen LogP contribution in [-0.2, 0) is 22.4 Å². The number of amides is 1. The van der Waals surface area contributed by atoms with Crippen LogP contribution in [0.3, 0.4) is 0 Å². The van der Waals surface area contributed by atoms with Crippen molar-refractivity contribution < 1.29 is 4.79 Å². The van der Waals surface area contributed by atoms with Crippen molar-refractivity contribution in [2.45, 2.75) is 44.8 Å². The average molecular weight is 424 g/mol. The molecule has 27 heavy (non-hydrogen) atoms. The highest BCUT2D eigenvalue weighted by atomic mass is 35.5. The number of aryl methyl sites for hydroxylation is 1. The summed E-state index contributed by atoms with van der Waals surface area (Å²) in [4.78, 5) is 12.0. The maximum atomic E-state index is 12.0. The summed E-state index contributed by atoms with van der Waals surface area (Å²) >= 11 is 13.8. The van der Waals surface area contributed by atoms with Crippen LogP contribution in [0.15, 0.2) is 42.5 Å². The Balaban J connectivity index is 1.63. The van der Waals surface area contributed by atoms with Crippen molar-refractivity contribution in [3.8, 4) is 0 Å². The molecule has 2 nitrogen and oxygen atoms in total. The van der Waals surface area contributed by atoms with Gasteiger partial charge in [-0.25, -0.2) is 0 Å². The Bertz CT molecular complexity index is 754. The van der Waals surface area contributed by atoms with Gasteiger partial charge in [0.2, 0.25) is 5.91 Å². The summed E-state index contributed by atoms with van der Waals surface area (Å²) in [5, 5.41) is 4.32. The summed E-state index contributed by atoms with van der Waals surface area (Å²) in [6, 6.07) is 14.1. The normalized spacial score (nSPS) is 11.4. The zero-order valence-corrected chi connectivity index (χ0v) is 18.5. The van der Waals surface area contributed by atoms with Gasteiger partial charge in [0.15, 0.2) is 0 Å². The third kappa shape index (κ3) is 7.77. The number of nitrogens with one attached hydrogen (secondary N) is 1. The lowest BCUT2D eigenvalue weighted by molar-refractivity contribution is -0.120. The minimum Gasteiger partial charge on any atom is -0.355 e. The van der Waals surface area contributed by atoms with E-state index in [2.05, 4.69) is 50.4 Å². The highest BCUT2D eigenvalue weighted by Gasteiger charge is 2.13. The zero-order chi connectivity index (χ0) is 19.9. The second-order valence-electron chi connectivity index (χ2n) is 7.59. The summed E-state index contributed by atoms with van der Waals surface area (Å²) in [6.07, 6.45) is 1.28. The number of thioether (sulfide) groups is 1. The lowest BCUT2D eigenvalue weighted by Gasteiger charge is -2.19. The molecular formula is C22H27Cl2NOS. The standard InChI is InChI=1S/C22H27Cl2NOS/c1-22(2,3)18-8-4-16(5-9-18)6-11-21(26)25-12-13-27-15-17-7-10-19(23)14-20(17)24/h4-5,7-10,14H,6,11-13,15H2,1-3H3,(H,25,26). The molecule has 2 rings (SSSR count). The fraction of sp³-hybridized carbons (Fsp3) is 0.409. The molecule has 0 aliphatic heterocycles. The van der Waals surface area contributed by atoms with E-state index in [9.17, 15) is 4.79 Å². The first-order valence-corrected chi connectivity index (χ1v) is 11.0. The molecule has 0 bridgehead atoms. The Morgan fingerprint density at radius 2 is 1.78 bits per heavy atom. The fourth-order valence-electron chi connectivity index (χ4n) is 2.60. The molecule has 5 heteroatoms. The first-order chi connectivity index (χ1) is 12.8. The summed E-state index contributed by atoms with van der Waals surface area (Å²) in [7, 11) is 0. The van der Waals surface area contributed by atoms with Gasteiger partial charge in [0.1, 0.15) is 0 Å². The molecule has 0 heterocycles. The summed E-state index contributed by atoms with van der Waals surface area (Å²) in [6.45, 7) is 7.27. The highest BCUT2D eigenvalue weighted by Crippen LogP contribution is 2.24. The molecular weight excluding hydrogens is 397 g/mol. The Labute approximate surface area is 177 Å².